The van der Waals surface area contributed by atoms with E-state index in [1.165, 1.54) is 6.07 Å². The summed E-state index contributed by atoms with van der Waals surface area (Å²) in [6.07, 6.45) is 3.06. The summed E-state index contributed by atoms with van der Waals surface area (Å²) in [5.41, 5.74) is 1.23. The van der Waals surface area contributed by atoms with E-state index in [0.717, 1.165) is 5.70 Å². The molecule has 1 heterocycles. The maximum Gasteiger partial charge on any atom is 0.274 e. The Labute approximate surface area is 126 Å². The number of nitro groups is 1. The van der Waals surface area contributed by atoms with Crippen LogP contribution in [0.3, 0.4) is 0 Å². The van der Waals surface area contributed by atoms with E-state index in [-0.39, 0.29) is 11.5 Å². The largest absolute Gasteiger partial charge is 0.354 e. The van der Waals surface area contributed by atoms with Crippen LogP contribution >= 0.6 is 12.2 Å². The molecule has 108 valence electrons. The third-order valence-electron chi connectivity index (χ3n) is 3.78. The van der Waals surface area contributed by atoms with Crippen molar-refractivity contribution in [2.75, 3.05) is 0 Å². The summed E-state index contributed by atoms with van der Waals surface area (Å²) in [6.45, 7) is 0. The average molecular weight is 303 g/mol. The minimum Gasteiger partial charge on any atom is -0.354 e. The van der Waals surface area contributed by atoms with E-state index in [0.29, 0.717) is 23.5 Å². The van der Waals surface area contributed by atoms with Crippen molar-refractivity contribution < 1.29 is 9.72 Å². The SMILES string of the molecule is O=C1CCC=C2NC(=S)N[C@H](c3ccccc3[N+](=O)[O-])[C@@H]12. The first kappa shape index (κ1) is 13.7. The van der Waals surface area contributed by atoms with Crippen molar-refractivity contribution >= 4 is 28.8 Å². The maximum atomic E-state index is 12.3. The zero-order valence-corrected chi connectivity index (χ0v) is 11.9. The van der Waals surface area contributed by atoms with Gasteiger partial charge >= 0.3 is 0 Å². The molecule has 7 heteroatoms. The van der Waals surface area contributed by atoms with Crippen LogP contribution in [0.2, 0.25) is 0 Å². The first-order valence-electron chi connectivity index (χ1n) is 6.61. The lowest BCUT2D eigenvalue weighted by Crippen LogP contribution is -2.51. The van der Waals surface area contributed by atoms with E-state index in [9.17, 15) is 14.9 Å². The highest BCUT2D eigenvalue weighted by Gasteiger charge is 2.40. The predicted octanol–water partition coefficient (Wildman–Crippen LogP) is 1.98. The molecule has 1 aliphatic carbocycles. The summed E-state index contributed by atoms with van der Waals surface area (Å²) in [5, 5.41) is 17.6. The molecule has 0 bridgehead atoms. The Morgan fingerprint density at radius 2 is 2.10 bits per heavy atom. The van der Waals surface area contributed by atoms with Crippen LogP contribution in [-0.2, 0) is 4.79 Å². The molecule has 21 heavy (non-hydrogen) atoms. The Morgan fingerprint density at radius 1 is 1.33 bits per heavy atom. The van der Waals surface area contributed by atoms with Gasteiger partial charge in [-0.2, -0.15) is 0 Å². The number of nitrogens with zero attached hydrogens (tertiary/aromatic N) is 1. The molecular weight excluding hydrogens is 290 g/mol. The number of para-hydroxylation sites is 1. The summed E-state index contributed by atoms with van der Waals surface area (Å²) in [6, 6.07) is 5.95. The summed E-state index contributed by atoms with van der Waals surface area (Å²) < 4.78 is 0. The van der Waals surface area contributed by atoms with Gasteiger partial charge in [-0.1, -0.05) is 24.3 Å². The highest BCUT2D eigenvalue weighted by atomic mass is 32.1. The third-order valence-corrected chi connectivity index (χ3v) is 4.00. The highest BCUT2D eigenvalue weighted by molar-refractivity contribution is 7.80. The minimum absolute atomic E-state index is 0.00239. The van der Waals surface area contributed by atoms with E-state index in [1.807, 2.05) is 6.08 Å². The number of nitrogens with one attached hydrogen (secondary N) is 2. The van der Waals surface area contributed by atoms with Crippen LogP contribution in [-0.4, -0.2) is 15.8 Å². The normalized spacial score (nSPS) is 24.5. The van der Waals surface area contributed by atoms with Crippen LogP contribution < -0.4 is 10.6 Å². The van der Waals surface area contributed by atoms with Crippen LogP contribution in [0.5, 0.6) is 0 Å². The lowest BCUT2D eigenvalue weighted by atomic mass is 9.80. The van der Waals surface area contributed by atoms with Gasteiger partial charge in [0.15, 0.2) is 5.11 Å². The lowest BCUT2D eigenvalue weighted by Gasteiger charge is -2.37. The number of carbonyl (C=O) groups excluding carboxylic acids is 1. The standard InChI is InChI=1S/C14H13N3O3S/c18-11-7-3-5-9-12(11)13(16-14(21)15-9)8-4-1-2-6-10(8)17(19)20/h1-2,4-6,12-13H,3,7H2,(H2,15,16,21)/t12-,13-/m1/s1. The summed E-state index contributed by atoms with van der Waals surface area (Å²) in [4.78, 5) is 23.1. The quantitative estimate of drug-likeness (QED) is 0.494. The van der Waals surface area contributed by atoms with Crippen molar-refractivity contribution in [3.63, 3.8) is 0 Å². The van der Waals surface area contributed by atoms with Gasteiger partial charge in [0.25, 0.3) is 5.69 Å². The number of rotatable bonds is 2. The summed E-state index contributed by atoms with van der Waals surface area (Å²) >= 11 is 5.15. The molecule has 0 radical (unpaired) electrons. The van der Waals surface area contributed by atoms with Gasteiger partial charge in [-0.25, -0.2) is 0 Å². The zero-order chi connectivity index (χ0) is 15.0. The van der Waals surface area contributed by atoms with Crippen molar-refractivity contribution in [1.82, 2.24) is 10.6 Å². The first-order valence-corrected chi connectivity index (χ1v) is 7.02. The molecular formula is C14H13N3O3S. The second-order valence-electron chi connectivity index (χ2n) is 5.03. The number of fused-ring (bicyclic) bond motifs is 1. The molecule has 2 atom stereocenters. The van der Waals surface area contributed by atoms with E-state index in [1.54, 1.807) is 18.2 Å². The van der Waals surface area contributed by atoms with Crippen LogP contribution in [0.15, 0.2) is 36.0 Å². The fourth-order valence-corrected chi connectivity index (χ4v) is 3.13. The Hall–Kier alpha value is -2.28. The summed E-state index contributed by atoms with van der Waals surface area (Å²) in [5.74, 6) is -0.385. The second kappa shape index (κ2) is 5.25. The lowest BCUT2D eigenvalue weighted by molar-refractivity contribution is -0.385. The van der Waals surface area contributed by atoms with Crippen LogP contribution in [0, 0.1) is 16.0 Å². The Kier molecular flexibility index (Phi) is 3.42. The molecule has 0 saturated carbocycles. The number of hydrogen-bond donors (Lipinski definition) is 2. The Balaban J connectivity index is 2.09. The van der Waals surface area contributed by atoms with Crippen molar-refractivity contribution in [3.8, 4) is 0 Å². The first-order chi connectivity index (χ1) is 10.1. The molecule has 0 aromatic heterocycles. The molecule has 0 amide bonds. The van der Waals surface area contributed by atoms with E-state index < -0.39 is 16.9 Å². The number of allylic oxidation sites excluding steroid dienone is 1. The molecule has 6 nitrogen and oxygen atoms in total. The van der Waals surface area contributed by atoms with Crippen LogP contribution in [0.25, 0.3) is 0 Å². The highest BCUT2D eigenvalue weighted by Crippen LogP contribution is 2.37. The smallest absolute Gasteiger partial charge is 0.274 e. The average Bonchev–Trinajstić information content (AvgIpc) is 2.46. The van der Waals surface area contributed by atoms with Crippen molar-refractivity contribution in [2.24, 2.45) is 5.92 Å². The number of thiocarbonyl (C=S) groups is 1. The second-order valence-corrected chi connectivity index (χ2v) is 5.44. The van der Waals surface area contributed by atoms with Gasteiger partial charge in [-0.05, 0) is 18.6 Å². The van der Waals surface area contributed by atoms with E-state index in [2.05, 4.69) is 10.6 Å². The molecule has 1 fully saturated rings. The molecule has 1 aromatic rings. The molecule has 1 saturated heterocycles. The van der Waals surface area contributed by atoms with Crippen molar-refractivity contribution in [2.45, 2.75) is 18.9 Å². The van der Waals surface area contributed by atoms with Gasteiger partial charge in [-0.15, -0.1) is 0 Å². The number of nitro benzene ring substituents is 1. The zero-order valence-electron chi connectivity index (χ0n) is 11.0. The predicted molar refractivity (Wildman–Crippen MR) is 80.5 cm³/mol. The molecule has 0 unspecified atom stereocenters. The van der Waals surface area contributed by atoms with Gasteiger partial charge in [-0.3, -0.25) is 14.9 Å². The van der Waals surface area contributed by atoms with Crippen molar-refractivity contribution in [3.05, 3.63) is 51.7 Å². The number of hydrogen-bond acceptors (Lipinski definition) is 4. The minimum atomic E-state index is -0.501. The van der Waals surface area contributed by atoms with Gasteiger partial charge in [0.2, 0.25) is 0 Å². The number of ketones is 1. The van der Waals surface area contributed by atoms with Gasteiger partial charge in [0, 0.05) is 18.2 Å². The monoisotopic (exact) mass is 303 g/mol. The number of Topliss-reactive ketones (excluding diaryl/α,β-unsaturated/α-hetero) is 1. The number of carbonyl (C=O) groups is 1. The molecule has 1 aliphatic heterocycles. The molecule has 3 rings (SSSR count). The summed E-state index contributed by atoms with van der Waals surface area (Å²) in [7, 11) is 0. The number of benzene rings is 1. The van der Waals surface area contributed by atoms with Gasteiger partial charge in [0.1, 0.15) is 5.78 Å². The van der Waals surface area contributed by atoms with E-state index in [4.69, 9.17) is 12.2 Å². The third kappa shape index (κ3) is 2.40. The topological polar surface area (TPSA) is 84.3 Å². The van der Waals surface area contributed by atoms with Crippen LogP contribution in [0.4, 0.5) is 5.69 Å². The van der Waals surface area contributed by atoms with E-state index >= 15 is 0 Å². The molecule has 2 N–H and O–H groups in total. The van der Waals surface area contributed by atoms with Gasteiger partial charge in [0.05, 0.1) is 22.4 Å². The fraction of sp³-hybridized carbons (Fsp3) is 0.286. The Bertz CT molecular complexity index is 671. The Morgan fingerprint density at radius 3 is 2.86 bits per heavy atom. The maximum absolute atomic E-state index is 12.3. The van der Waals surface area contributed by atoms with Crippen LogP contribution in [0.1, 0.15) is 24.4 Å². The fourth-order valence-electron chi connectivity index (χ4n) is 2.89. The molecule has 0 spiro atoms. The van der Waals surface area contributed by atoms with Gasteiger partial charge < -0.3 is 10.6 Å². The van der Waals surface area contributed by atoms with Crippen molar-refractivity contribution in [1.29, 1.82) is 0 Å². The molecule has 2 aliphatic rings. The molecule has 1 aromatic carbocycles.